The largest absolute Gasteiger partial charge is 0.314 e. The summed E-state index contributed by atoms with van der Waals surface area (Å²) < 4.78 is 0. The van der Waals surface area contributed by atoms with Gasteiger partial charge in [0.05, 0.1) is 0 Å². The summed E-state index contributed by atoms with van der Waals surface area (Å²) in [5.41, 5.74) is 0. The molecule has 1 saturated heterocycles. The van der Waals surface area contributed by atoms with Gasteiger partial charge in [-0.2, -0.15) is 0 Å². The van der Waals surface area contributed by atoms with Crippen LogP contribution in [0.1, 0.15) is 52.4 Å². The second-order valence-electron chi connectivity index (χ2n) is 6.70. The average Bonchev–Trinajstić information content (AvgIpc) is 2.68. The first-order valence-electron chi connectivity index (χ1n) is 9.01. The molecule has 0 spiro atoms. The molecular formula is C17H35N3. The first-order chi connectivity index (χ1) is 9.83. The first-order valence-corrected chi connectivity index (χ1v) is 9.01. The van der Waals surface area contributed by atoms with Crippen LogP contribution in [0.25, 0.3) is 0 Å². The molecule has 0 aromatic rings. The zero-order chi connectivity index (χ0) is 14.2. The third kappa shape index (κ3) is 5.01. The van der Waals surface area contributed by atoms with Gasteiger partial charge in [0.2, 0.25) is 0 Å². The third-order valence-corrected chi connectivity index (χ3v) is 5.12. The molecule has 1 saturated carbocycles. The molecule has 1 N–H and O–H groups in total. The van der Waals surface area contributed by atoms with Crippen LogP contribution in [0.4, 0.5) is 0 Å². The van der Waals surface area contributed by atoms with Gasteiger partial charge < -0.3 is 15.1 Å². The fourth-order valence-electron chi connectivity index (χ4n) is 3.98. The molecule has 2 atom stereocenters. The van der Waals surface area contributed by atoms with E-state index in [1.54, 1.807) is 0 Å². The third-order valence-electron chi connectivity index (χ3n) is 5.12. The van der Waals surface area contributed by atoms with E-state index in [1.165, 1.54) is 77.8 Å². The van der Waals surface area contributed by atoms with Crippen molar-refractivity contribution in [2.75, 3.05) is 45.8 Å². The molecule has 0 amide bonds. The van der Waals surface area contributed by atoms with Crippen LogP contribution in [0.15, 0.2) is 0 Å². The number of piperazine rings is 1. The molecule has 3 heteroatoms. The lowest BCUT2D eigenvalue weighted by molar-refractivity contribution is 0.108. The highest BCUT2D eigenvalue weighted by Crippen LogP contribution is 2.24. The number of nitrogens with one attached hydrogen (secondary N) is 1. The van der Waals surface area contributed by atoms with Crippen molar-refractivity contribution in [3.05, 3.63) is 0 Å². The van der Waals surface area contributed by atoms with Crippen molar-refractivity contribution in [1.82, 2.24) is 15.1 Å². The average molecular weight is 281 g/mol. The fourth-order valence-corrected chi connectivity index (χ4v) is 3.98. The Balaban J connectivity index is 1.78. The lowest BCUT2D eigenvalue weighted by Crippen LogP contribution is -2.50. The van der Waals surface area contributed by atoms with Crippen molar-refractivity contribution in [3.63, 3.8) is 0 Å². The van der Waals surface area contributed by atoms with Crippen molar-refractivity contribution in [2.24, 2.45) is 5.92 Å². The van der Waals surface area contributed by atoms with E-state index in [0.717, 1.165) is 18.5 Å². The molecule has 20 heavy (non-hydrogen) atoms. The monoisotopic (exact) mass is 281 g/mol. The topological polar surface area (TPSA) is 18.5 Å². The summed E-state index contributed by atoms with van der Waals surface area (Å²) in [6.07, 6.45) is 8.45. The van der Waals surface area contributed by atoms with Gasteiger partial charge in [-0.1, -0.05) is 33.1 Å². The van der Waals surface area contributed by atoms with Crippen LogP contribution in [0, 0.1) is 5.92 Å². The van der Waals surface area contributed by atoms with E-state index < -0.39 is 0 Å². The van der Waals surface area contributed by atoms with Crippen LogP contribution in [0.3, 0.4) is 0 Å². The molecular weight excluding hydrogens is 246 g/mol. The minimum Gasteiger partial charge on any atom is -0.314 e. The van der Waals surface area contributed by atoms with Crippen molar-refractivity contribution in [3.8, 4) is 0 Å². The molecule has 3 nitrogen and oxygen atoms in total. The number of hydrogen-bond donors (Lipinski definition) is 1. The van der Waals surface area contributed by atoms with Crippen LogP contribution in [-0.2, 0) is 0 Å². The van der Waals surface area contributed by atoms with Crippen LogP contribution in [-0.4, -0.2) is 61.7 Å². The van der Waals surface area contributed by atoms with Gasteiger partial charge in [-0.05, 0) is 38.3 Å². The Morgan fingerprint density at radius 2 is 1.60 bits per heavy atom. The summed E-state index contributed by atoms with van der Waals surface area (Å²) in [4.78, 5) is 5.36. The maximum Gasteiger partial charge on any atom is 0.0110 e. The first kappa shape index (κ1) is 16.3. The molecule has 0 aromatic carbocycles. The Labute approximate surface area is 126 Å². The predicted octanol–water partition coefficient (Wildman–Crippen LogP) is 2.57. The summed E-state index contributed by atoms with van der Waals surface area (Å²) in [5, 5.41) is 3.76. The van der Waals surface area contributed by atoms with E-state index >= 15 is 0 Å². The molecule has 0 bridgehead atoms. The second kappa shape index (κ2) is 9.01. The van der Waals surface area contributed by atoms with Crippen LogP contribution in [0.2, 0.25) is 0 Å². The Bertz CT molecular complexity index is 249. The second-order valence-corrected chi connectivity index (χ2v) is 6.70. The maximum absolute atomic E-state index is 3.76. The van der Waals surface area contributed by atoms with Gasteiger partial charge in [0.25, 0.3) is 0 Å². The summed E-state index contributed by atoms with van der Waals surface area (Å²) in [6.45, 7) is 13.4. The highest BCUT2D eigenvalue weighted by Gasteiger charge is 2.26. The fraction of sp³-hybridized carbons (Fsp3) is 1.00. The van der Waals surface area contributed by atoms with Gasteiger partial charge in [-0.15, -0.1) is 0 Å². The normalized spacial score (nSPS) is 30.3. The summed E-state index contributed by atoms with van der Waals surface area (Å²) in [6, 6.07) is 0.774. The molecule has 2 aliphatic rings. The molecule has 2 unspecified atom stereocenters. The molecule has 118 valence electrons. The van der Waals surface area contributed by atoms with E-state index in [2.05, 4.69) is 29.0 Å². The van der Waals surface area contributed by atoms with Gasteiger partial charge in [0, 0.05) is 38.8 Å². The number of nitrogens with zero attached hydrogens (tertiary/aromatic N) is 2. The van der Waals surface area contributed by atoms with E-state index in [-0.39, 0.29) is 0 Å². The zero-order valence-electron chi connectivity index (χ0n) is 13.7. The van der Waals surface area contributed by atoms with Crippen molar-refractivity contribution in [2.45, 2.75) is 58.4 Å². The van der Waals surface area contributed by atoms with Crippen LogP contribution >= 0.6 is 0 Å². The lowest BCUT2D eigenvalue weighted by Gasteiger charge is -2.38. The van der Waals surface area contributed by atoms with Gasteiger partial charge in [0.1, 0.15) is 0 Å². The quantitative estimate of drug-likeness (QED) is 0.755. The molecule has 1 aliphatic carbocycles. The van der Waals surface area contributed by atoms with E-state index in [0.29, 0.717) is 0 Å². The summed E-state index contributed by atoms with van der Waals surface area (Å²) >= 11 is 0. The minimum atomic E-state index is 0.774. The Kier molecular flexibility index (Phi) is 7.32. The van der Waals surface area contributed by atoms with Gasteiger partial charge in [0.15, 0.2) is 0 Å². The smallest absolute Gasteiger partial charge is 0.0110 e. The van der Waals surface area contributed by atoms with E-state index in [9.17, 15) is 0 Å². The maximum atomic E-state index is 3.76. The molecule has 1 heterocycles. The minimum absolute atomic E-state index is 0.774. The SMILES string of the molecule is CCCN1CCN(CC2CCCCCC2NCC)CC1. The lowest BCUT2D eigenvalue weighted by atomic mass is 9.93. The highest BCUT2D eigenvalue weighted by molar-refractivity contribution is 4.83. The van der Waals surface area contributed by atoms with Gasteiger partial charge in [-0.3, -0.25) is 0 Å². The standard InChI is InChI=1S/C17H35N3/c1-3-10-19-11-13-20(14-12-19)15-16-8-6-5-7-9-17(16)18-4-2/h16-18H,3-15H2,1-2H3. The summed E-state index contributed by atoms with van der Waals surface area (Å²) in [7, 11) is 0. The van der Waals surface area contributed by atoms with Gasteiger partial charge in [-0.25, -0.2) is 0 Å². The predicted molar refractivity (Wildman–Crippen MR) is 87.2 cm³/mol. The summed E-state index contributed by atoms with van der Waals surface area (Å²) in [5.74, 6) is 0.884. The Morgan fingerprint density at radius 3 is 2.30 bits per heavy atom. The van der Waals surface area contributed by atoms with E-state index in [1.807, 2.05) is 0 Å². The van der Waals surface area contributed by atoms with Crippen LogP contribution in [0.5, 0.6) is 0 Å². The van der Waals surface area contributed by atoms with Gasteiger partial charge >= 0.3 is 0 Å². The number of hydrogen-bond acceptors (Lipinski definition) is 3. The Hall–Kier alpha value is -0.120. The van der Waals surface area contributed by atoms with Crippen molar-refractivity contribution >= 4 is 0 Å². The van der Waals surface area contributed by atoms with Crippen molar-refractivity contribution in [1.29, 1.82) is 0 Å². The Morgan fingerprint density at radius 1 is 0.900 bits per heavy atom. The molecule has 2 rings (SSSR count). The number of rotatable bonds is 6. The molecule has 2 fully saturated rings. The molecule has 1 aliphatic heterocycles. The highest BCUT2D eigenvalue weighted by atomic mass is 15.3. The zero-order valence-corrected chi connectivity index (χ0v) is 13.7. The van der Waals surface area contributed by atoms with Crippen molar-refractivity contribution < 1.29 is 0 Å². The molecule has 0 aromatic heterocycles. The molecule has 0 radical (unpaired) electrons. The van der Waals surface area contributed by atoms with E-state index in [4.69, 9.17) is 0 Å². The van der Waals surface area contributed by atoms with Crippen LogP contribution < -0.4 is 5.32 Å².